The molecule has 0 aliphatic rings. The van der Waals surface area contributed by atoms with Gasteiger partial charge in [0.05, 0.1) is 6.61 Å². The molecule has 1 atom stereocenters. The Hall–Kier alpha value is -2.11. The molecule has 0 saturated carbocycles. The molecule has 17 heavy (non-hydrogen) atoms. The largest absolute Gasteiger partial charge is 0.477 e. The highest BCUT2D eigenvalue weighted by molar-refractivity contribution is 5.86. The lowest BCUT2D eigenvalue weighted by atomic mass is 10.2. The van der Waals surface area contributed by atoms with Crippen molar-refractivity contribution in [3.63, 3.8) is 0 Å². The highest BCUT2D eigenvalue weighted by Gasteiger charge is 2.14. The van der Waals surface area contributed by atoms with E-state index in [4.69, 9.17) is 9.84 Å². The summed E-state index contributed by atoms with van der Waals surface area (Å²) in [7, 11) is 0. The summed E-state index contributed by atoms with van der Waals surface area (Å²) < 4.78 is 4.82. The van der Waals surface area contributed by atoms with E-state index < -0.39 is 12.0 Å². The summed E-state index contributed by atoms with van der Waals surface area (Å²) in [6.45, 7) is 3.67. The van der Waals surface area contributed by atoms with Crippen LogP contribution in [-0.2, 0) is 9.53 Å². The van der Waals surface area contributed by atoms with Gasteiger partial charge in [-0.25, -0.2) is 14.6 Å². The van der Waals surface area contributed by atoms with E-state index >= 15 is 0 Å². The van der Waals surface area contributed by atoms with Crippen LogP contribution in [0.2, 0.25) is 0 Å². The molecule has 1 heterocycles. The molecule has 6 nitrogen and oxygen atoms in total. The van der Waals surface area contributed by atoms with Crippen molar-refractivity contribution in [2.75, 3.05) is 11.9 Å². The molecular formula is C11H14N2O4. The van der Waals surface area contributed by atoms with Crippen molar-refractivity contribution in [2.24, 2.45) is 0 Å². The molecule has 2 N–H and O–H groups in total. The molecule has 0 radical (unpaired) electrons. The summed E-state index contributed by atoms with van der Waals surface area (Å²) in [5, 5.41) is 11.6. The van der Waals surface area contributed by atoms with Gasteiger partial charge in [-0.1, -0.05) is 0 Å². The van der Waals surface area contributed by atoms with Crippen LogP contribution in [-0.4, -0.2) is 34.7 Å². The zero-order valence-corrected chi connectivity index (χ0v) is 9.64. The van der Waals surface area contributed by atoms with E-state index in [1.54, 1.807) is 19.9 Å². The van der Waals surface area contributed by atoms with Crippen molar-refractivity contribution in [2.45, 2.75) is 19.9 Å². The highest BCUT2D eigenvalue weighted by atomic mass is 16.5. The van der Waals surface area contributed by atoms with E-state index in [0.717, 1.165) is 0 Å². The van der Waals surface area contributed by atoms with Crippen molar-refractivity contribution < 1.29 is 19.4 Å². The molecule has 0 aliphatic carbocycles. The van der Waals surface area contributed by atoms with Gasteiger partial charge in [-0.2, -0.15) is 0 Å². The first-order valence-electron chi connectivity index (χ1n) is 5.17. The monoisotopic (exact) mass is 238 g/mol. The van der Waals surface area contributed by atoms with Gasteiger partial charge in [-0.15, -0.1) is 0 Å². The van der Waals surface area contributed by atoms with Gasteiger partial charge in [-0.05, 0) is 26.0 Å². The Morgan fingerprint density at radius 1 is 1.59 bits per heavy atom. The fraction of sp³-hybridized carbons (Fsp3) is 0.364. The number of hydrogen-bond donors (Lipinski definition) is 2. The first-order chi connectivity index (χ1) is 8.04. The smallest absolute Gasteiger partial charge is 0.354 e. The minimum atomic E-state index is -1.11. The standard InChI is InChI=1S/C11H14N2O4/c1-3-17-11(16)7(2)13-8-4-5-12-9(6-8)10(14)15/h4-7H,3H2,1-2H3,(H,12,13)(H,14,15). The van der Waals surface area contributed by atoms with Crippen LogP contribution in [0, 0.1) is 0 Å². The van der Waals surface area contributed by atoms with E-state index in [2.05, 4.69) is 10.3 Å². The molecule has 0 spiro atoms. The average molecular weight is 238 g/mol. The number of pyridine rings is 1. The van der Waals surface area contributed by atoms with Gasteiger partial charge in [0.25, 0.3) is 0 Å². The number of anilines is 1. The molecule has 0 aromatic carbocycles. The number of esters is 1. The molecule has 0 amide bonds. The maximum absolute atomic E-state index is 11.3. The molecule has 1 unspecified atom stereocenters. The highest BCUT2D eigenvalue weighted by Crippen LogP contribution is 2.10. The average Bonchev–Trinajstić information content (AvgIpc) is 2.29. The number of nitrogens with one attached hydrogen (secondary N) is 1. The van der Waals surface area contributed by atoms with Crippen LogP contribution in [0.15, 0.2) is 18.3 Å². The molecule has 1 rings (SSSR count). The zero-order valence-electron chi connectivity index (χ0n) is 9.64. The summed E-state index contributed by atoms with van der Waals surface area (Å²) in [6, 6.07) is 2.40. The summed E-state index contributed by atoms with van der Waals surface area (Å²) in [6.07, 6.45) is 1.36. The number of carbonyl (C=O) groups is 2. The number of carboxylic acids is 1. The third-order valence-corrected chi connectivity index (χ3v) is 2.00. The minimum Gasteiger partial charge on any atom is -0.477 e. The lowest BCUT2D eigenvalue weighted by Gasteiger charge is -2.13. The third-order valence-electron chi connectivity index (χ3n) is 2.00. The van der Waals surface area contributed by atoms with Crippen LogP contribution in [0.25, 0.3) is 0 Å². The Balaban J connectivity index is 2.71. The van der Waals surface area contributed by atoms with Gasteiger partial charge in [0.15, 0.2) is 0 Å². The van der Waals surface area contributed by atoms with Gasteiger partial charge >= 0.3 is 11.9 Å². The maximum atomic E-state index is 11.3. The van der Waals surface area contributed by atoms with Gasteiger partial charge in [0.1, 0.15) is 11.7 Å². The van der Waals surface area contributed by atoms with Crippen LogP contribution in [0.1, 0.15) is 24.3 Å². The minimum absolute atomic E-state index is 0.0777. The summed E-state index contributed by atoms with van der Waals surface area (Å²) in [5.74, 6) is -1.50. The number of rotatable bonds is 5. The number of carboxylic acid groups (broad SMARTS) is 1. The van der Waals surface area contributed by atoms with E-state index in [9.17, 15) is 9.59 Å². The molecule has 92 valence electrons. The number of aromatic nitrogens is 1. The molecule has 0 saturated heterocycles. The van der Waals surface area contributed by atoms with Crippen LogP contribution in [0.5, 0.6) is 0 Å². The van der Waals surface area contributed by atoms with E-state index in [0.29, 0.717) is 12.3 Å². The van der Waals surface area contributed by atoms with Crippen molar-refractivity contribution in [3.8, 4) is 0 Å². The van der Waals surface area contributed by atoms with Crippen molar-refractivity contribution in [1.29, 1.82) is 0 Å². The van der Waals surface area contributed by atoms with E-state index in [1.807, 2.05) is 0 Å². The molecule has 0 fully saturated rings. The van der Waals surface area contributed by atoms with Crippen LogP contribution in [0.4, 0.5) is 5.69 Å². The summed E-state index contributed by atoms with van der Waals surface area (Å²) >= 11 is 0. The molecular weight excluding hydrogens is 224 g/mol. The van der Waals surface area contributed by atoms with Crippen LogP contribution >= 0.6 is 0 Å². The lowest BCUT2D eigenvalue weighted by molar-refractivity contribution is -0.143. The Kier molecular flexibility index (Phi) is 4.45. The first kappa shape index (κ1) is 13.0. The van der Waals surface area contributed by atoms with Crippen LogP contribution in [0.3, 0.4) is 0 Å². The Morgan fingerprint density at radius 3 is 2.88 bits per heavy atom. The van der Waals surface area contributed by atoms with E-state index in [1.165, 1.54) is 12.3 Å². The topological polar surface area (TPSA) is 88.5 Å². The predicted octanol–water partition coefficient (Wildman–Crippen LogP) is 1.14. The van der Waals surface area contributed by atoms with Gasteiger partial charge in [-0.3, -0.25) is 0 Å². The van der Waals surface area contributed by atoms with Crippen molar-refractivity contribution >= 4 is 17.6 Å². The normalized spacial score (nSPS) is 11.6. The molecule has 1 aromatic heterocycles. The number of nitrogens with zero attached hydrogens (tertiary/aromatic N) is 1. The molecule has 1 aromatic rings. The van der Waals surface area contributed by atoms with Gasteiger partial charge in [0.2, 0.25) is 0 Å². The quantitative estimate of drug-likeness (QED) is 0.748. The number of ether oxygens (including phenoxy) is 1. The lowest BCUT2D eigenvalue weighted by Crippen LogP contribution is -2.28. The van der Waals surface area contributed by atoms with Crippen molar-refractivity contribution in [1.82, 2.24) is 4.98 Å². The predicted molar refractivity (Wildman–Crippen MR) is 60.9 cm³/mol. The van der Waals surface area contributed by atoms with Gasteiger partial charge in [0, 0.05) is 11.9 Å². The number of hydrogen-bond acceptors (Lipinski definition) is 5. The van der Waals surface area contributed by atoms with Crippen LogP contribution < -0.4 is 5.32 Å². The summed E-state index contributed by atoms with van der Waals surface area (Å²) in [5.41, 5.74) is 0.434. The summed E-state index contributed by atoms with van der Waals surface area (Å²) in [4.78, 5) is 25.7. The second-order valence-corrected chi connectivity index (χ2v) is 3.35. The Bertz CT molecular complexity index is 420. The maximum Gasteiger partial charge on any atom is 0.354 e. The number of carbonyl (C=O) groups excluding carboxylic acids is 1. The molecule has 0 aliphatic heterocycles. The number of aromatic carboxylic acids is 1. The first-order valence-corrected chi connectivity index (χ1v) is 5.17. The third kappa shape index (κ3) is 3.75. The SMILES string of the molecule is CCOC(=O)C(C)Nc1ccnc(C(=O)O)c1. The Labute approximate surface area is 98.6 Å². The van der Waals surface area contributed by atoms with Gasteiger partial charge < -0.3 is 15.2 Å². The second kappa shape index (κ2) is 5.83. The Morgan fingerprint density at radius 2 is 2.29 bits per heavy atom. The van der Waals surface area contributed by atoms with Crippen molar-refractivity contribution in [3.05, 3.63) is 24.0 Å². The second-order valence-electron chi connectivity index (χ2n) is 3.35. The fourth-order valence-corrected chi connectivity index (χ4v) is 1.21. The fourth-order valence-electron chi connectivity index (χ4n) is 1.21. The zero-order chi connectivity index (χ0) is 12.8. The molecule has 6 heteroatoms. The molecule has 0 bridgehead atoms. The van der Waals surface area contributed by atoms with E-state index in [-0.39, 0.29) is 11.7 Å².